The van der Waals surface area contributed by atoms with E-state index in [1.165, 1.54) is 6.07 Å². The molecular weight excluding hydrogens is 231 g/mol. The third-order valence-electron chi connectivity index (χ3n) is 2.14. The van der Waals surface area contributed by atoms with Crippen LogP contribution in [-0.2, 0) is 11.3 Å². The molecule has 0 fully saturated rings. The molecule has 0 aliphatic rings. The van der Waals surface area contributed by atoms with Crippen LogP contribution >= 0.6 is 11.6 Å². The molecule has 0 heterocycles. The number of carbonyl (C=O) groups excluding carboxylic acids is 1. The van der Waals surface area contributed by atoms with Gasteiger partial charge >= 0.3 is 0 Å². The van der Waals surface area contributed by atoms with Gasteiger partial charge in [0.2, 0.25) is 5.91 Å². The molecule has 0 unspecified atom stereocenters. The van der Waals surface area contributed by atoms with Crippen LogP contribution in [0.15, 0.2) is 18.2 Å². The summed E-state index contributed by atoms with van der Waals surface area (Å²) in [6.45, 7) is 0.905. The average molecular weight is 245 g/mol. The van der Waals surface area contributed by atoms with E-state index in [2.05, 4.69) is 10.6 Å². The van der Waals surface area contributed by atoms with Crippen LogP contribution in [0.1, 0.15) is 12.0 Å². The first-order valence-electron chi connectivity index (χ1n) is 4.98. The number of halogens is 2. The van der Waals surface area contributed by atoms with Gasteiger partial charge in [-0.15, -0.1) is 0 Å². The molecule has 5 heteroatoms. The molecule has 0 aliphatic carbocycles. The molecule has 0 saturated heterocycles. The summed E-state index contributed by atoms with van der Waals surface area (Å²) in [5.41, 5.74) is 0.543. The lowest BCUT2D eigenvalue weighted by Gasteiger charge is -2.05. The Kier molecular flexibility index (Phi) is 5.22. The predicted octanol–water partition coefficient (Wildman–Crippen LogP) is 1.70. The highest BCUT2D eigenvalue weighted by molar-refractivity contribution is 6.30. The van der Waals surface area contributed by atoms with E-state index >= 15 is 0 Å². The maximum Gasteiger partial charge on any atom is 0.221 e. The molecule has 2 N–H and O–H groups in total. The summed E-state index contributed by atoms with van der Waals surface area (Å²) in [5.74, 6) is -0.371. The maximum atomic E-state index is 13.3. The SMILES string of the molecule is CNC(=O)CCNCc1ccc(Cl)cc1F. The first-order chi connectivity index (χ1) is 7.63. The fraction of sp³-hybridized carbons (Fsp3) is 0.364. The molecule has 0 aromatic heterocycles. The van der Waals surface area contributed by atoms with E-state index in [0.717, 1.165) is 0 Å². The van der Waals surface area contributed by atoms with Gasteiger partial charge in [-0.25, -0.2) is 4.39 Å². The summed E-state index contributed by atoms with van der Waals surface area (Å²) < 4.78 is 13.3. The van der Waals surface area contributed by atoms with Crippen LogP contribution in [0.4, 0.5) is 4.39 Å². The third-order valence-corrected chi connectivity index (χ3v) is 2.37. The van der Waals surface area contributed by atoms with Gasteiger partial charge in [0.1, 0.15) is 5.82 Å². The van der Waals surface area contributed by atoms with Crippen LogP contribution in [0.3, 0.4) is 0 Å². The van der Waals surface area contributed by atoms with Crippen molar-refractivity contribution in [1.29, 1.82) is 0 Å². The van der Waals surface area contributed by atoms with Gasteiger partial charge in [0.15, 0.2) is 0 Å². The number of amides is 1. The van der Waals surface area contributed by atoms with Crippen LogP contribution < -0.4 is 10.6 Å². The van der Waals surface area contributed by atoms with Crippen LogP contribution in [0.25, 0.3) is 0 Å². The molecule has 1 aromatic carbocycles. The van der Waals surface area contributed by atoms with Crippen LogP contribution in [-0.4, -0.2) is 19.5 Å². The second kappa shape index (κ2) is 6.45. The zero-order valence-electron chi connectivity index (χ0n) is 9.02. The van der Waals surface area contributed by atoms with Crippen LogP contribution in [0.2, 0.25) is 5.02 Å². The molecule has 0 aliphatic heterocycles. The molecule has 1 amide bonds. The van der Waals surface area contributed by atoms with E-state index in [1.807, 2.05) is 0 Å². The lowest BCUT2D eigenvalue weighted by molar-refractivity contribution is -0.120. The Morgan fingerprint density at radius 3 is 2.88 bits per heavy atom. The first-order valence-corrected chi connectivity index (χ1v) is 5.36. The molecule has 0 spiro atoms. The number of carbonyl (C=O) groups is 1. The van der Waals surface area contributed by atoms with E-state index in [0.29, 0.717) is 30.1 Å². The van der Waals surface area contributed by atoms with E-state index in [4.69, 9.17) is 11.6 Å². The predicted molar refractivity (Wildman–Crippen MR) is 61.8 cm³/mol. The Morgan fingerprint density at radius 1 is 1.50 bits per heavy atom. The normalized spacial score (nSPS) is 10.2. The highest BCUT2D eigenvalue weighted by Gasteiger charge is 2.02. The second-order valence-electron chi connectivity index (χ2n) is 3.34. The Balaban J connectivity index is 2.35. The minimum atomic E-state index is -0.333. The standard InChI is InChI=1S/C11H14ClFN2O/c1-14-11(16)4-5-15-7-8-2-3-9(12)6-10(8)13/h2-3,6,15H,4-5,7H2,1H3,(H,14,16). The number of rotatable bonds is 5. The zero-order valence-corrected chi connectivity index (χ0v) is 9.77. The van der Waals surface area contributed by atoms with E-state index < -0.39 is 0 Å². The largest absolute Gasteiger partial charge is 0.359 e. The van der Waals surface area contributed by atoms with Crippen LogP contribution in [0, 0.1) is 5.82 Å². The summed E-state index contributed by atoms with van der Waals surface area (Å²) >= 11 is 5.63. The summed E-state index contributed by atoms with van der Waals surface area (Å²) in [7, 11) is 1.58. The Hall–Kier alpha value is -1.13. The van der Waals surface area contributed by atoms with Gasteiger partial charge in [0.25, 0.3) is 0 Å². The van der Waals surface area contributed by atoms with E-state index in [1.54, 1.807) is 19.2 Å². The van der Waals surface area contributed by atoms with E-state index in [9.17, 15) is 9.18 Å². The highest BCUT2D eigenvalue weighted by atomic mass is 35.5. The molecule has 0 radical (unpaired) electrons. The lowest BCUT2D eigenvalue weighted by atomic mass is 10.2. The van der Waals surface area contributed by atoms with E-state index in [-0.39, 0.29) is 11.7 Å². The molecule has 1 aromatic rings. The highest BCUT2D eigenvalue weighted by Crippen LogP contribution is 2.14. The molecule has 16 heavy (non-hydrogen) atoms. The fourth-order valence-corrected chi connectivity index (χ4v) is 1.37. The van der Waals surface area contributed by atoms with Crippen molar-refractivity contribution in [2.24, 2.45) is 0 Å². The molecule has 0 saturated carbocycles. The van der Waals surface area contributed by atoms with Crippen molar-refractivity contribution >= 4 is 17.5 Å². The summed E-state index contributed by atoms with van der Waals surface area (Å²) in [6.07, 6.45) is 0.381. The Labute approximate surface area is 99.0 Å². The zero-order chi connectivity index (χ0) is 12.0. The molecule has 3 nitrogen and oxygen atoms in total. The monoisotopic (exact) mass is 244 g/mol. The van der Waals surface area contributed by atoms with Crippen molar-refractivity contribution in [3.05, 3.63) is 34.6 Å². The van der Waals surface area contributed by atoms with Crippen molar-refractivity contribution < 1.29 is 9.18 Å². The van der Waals surface area contributed by atoms with Gasteiger partial charge in [-0.05, 0) is 12.1 Å². The summed E-state index contributed by atoms with van der Waals surface area (Å²) in [4.78, 5) is 10.9. The maximum absolute atomic E-state index is 13.3. The molecule has 0 atom stereocenters. The minimum Gasteiger partial charge on any atom is -0.359 e. The Bertz CT molecular complexity index is 371. The average Bonchev–Trinajstić information content (AvgIpc) is 2.26. The molecular formula is C11H14ClFN2O. The van der Waals surface area contributed by atoms with Crippen LogP contribution in [0.5, 0.6) is 0 Å². The number of benzene rings is 1. The number of nitrogens with one attached hydrogen (secondary N) is 2. The topological polar surface area (TPSA) is 41.1 Å². The van der Waals surface area contributed by atoms with Crippen molar-refractivity contribution in [1.82, 2.24) is 10.6 Å². The van der Waals surface area contributed by atoms with Crippen molar-refractivity contribution in [3.8, 4) is 0 Å². The number of hydrogen-bond acceptors (Lipinski definition) is 2. The molecule has 0 bridgehead atoms. The molecule has 88 valence electrons. The third kappa shape index (κ3) is 4.16. The van der Waals surface area contributed by atoms with Gasteiger partial charge in [-0.3, -0.25) is 4.79 Å². The fourth-order valence-electron chi connectivity index (χ4n) is 1.22. The smallest absolute Gasteiger partial charge is 0.221 e. The van der Waals surface area contributed by atoms with Gasteiger partial charge in [0, 0.05) is 37.1 Å². The molecule has 1 rings (SSSR count). The summed E-state index contributed by atoms with van der Waals surface area (Å²) in [5, 5.41) is 5.88. The van der Waals surface area contributed by atoms with Gasteiger partial charge in [-0.2, -0.15) is 0 Å². The van der Waals surface area contributed by atoms with Crippen molar-refractivity contribution in [3.63, 3.8) is 0 Å². The van der Waals surface area contributed by atoms with Gasteiger partial charge in [-0.1, -0.05) is 17.7 Å². The van der Waals surface area contributed by atoms with Crippen molar-refractivity contribution in [2.45, 2.75) is 13.0 Å². The minimum absolute atomic E-state index is 0.0379. The Morgan fingerprint density at radius 2 is 2.25 bits per heavy atom. The first kappa shape index (κ1) is 12.9. The summed E-state index contributed by atoms with van der Waals surface area (Å²) in [6, 6.07) is 4.54. The lowest BCUT2D eigenvalue weighted by Crippen LogP contribution is -2.24. The van der Waals surface area contributed by atoms with Gasteiger partial charge in [0.05, 0.1) is 0 Å². The number of hydrogen-bond donors (Lipinski definition) is 2. The van der Waals surface area contributed by atoms with Gasteiger partial charge < -0.3 is 10.6 Å². The second-order valence-corrected chi connectivity index (χ2v) is 3.77. The van der Waals surface area contributed by atoms with Crippen molar-refractivity contribution in [2.75, 3.05) is 13.6 Å². The quantitative estimate of drug-likeness (QED) is 0.775.